The van der Waals surface area contributed by atoms with E-state index in [9.17, 15) is 10.7 Å². The predicted octanol–water partition coefficient (Wildman–Crippen LogP) is -1.63. The van der Waals surface area contributed by atoms with Gasteiger partial charge in [0.2, 0.25) is 0 Å². The molecule has 0 nitrogen and oxygen atoms in total. The van der Waals surface area contributed by atoms with E-state index in [1.54, 1.807) is 0 Å². The third kappa shape index (κ3) is 51.3. The maximum absolute atomic E-state index is 9.73. The van der Waals surface area contributed by atoms with Crippen molar-refractivity contribution in [2.45, 2.75) is 0 Å². The van der Waals surface area contributed by atoms with E-state index in [1.165, 1.54) is 0 Å². The summed E-state index contributed by atoms with van der Waals surface area (Å²) in [7, 11) is 0. The first-order valence-corrected chi connectivity index (χ1v) is 1.56. The fraction of sp³-hybridized carbons (Fsp3) is 0. The van der Waals surface area contributed by atoms with Gasteiger partial charge in [0.25, 0.3) is 0 Å². The molecule has 0 amide bonds. The van der Waals surface area contributed by atoms with Crippen LogP contribution in [0, 0.1) is 0 Å². The predicted molar refractivity (Wildman–Crippen MR) is 4.44 cm³/mol. The van der Waals surface area contributed by atoms with Gasteiger partial charge in [0.15, 0.2) is 0 Å². The van der Waals surface area contributed by atoms with E-state index in [1.807, 2.05) is 0 Å². The Bertz CT molecular complexity index is 15.5. The van der Waals surface area contributed by atoms with E-state index < -0.39 is 15.0 Å². The minimum absolute atomic E-state index is 0. The van der Waals surface area contributed by atoms with Crippen LogP contribution in [-0.2, 0) is 15.0 Å². The summed E-state index contributed by atoms with van der Waals surface area (Å²) in [5.74, 6) is 0. The second-order valence-corrected chi connectivity index (χ2v) is 0.589. The maximum Gasteiger partial charge on any atom is 1.00 e. The normalized spacial score (nSPS) is 9.00. The van der Waals surface area contributed by atoms with Gasteiger partial charge in [-0.3, -0.25) is 0 Å². The molecule has 0 aromatic heterocycles. The second kappa shape index (κ2) is 4.89. The van der Waals surface area contributed by atoms with Gasteiger partial charge in [0.05, 0.1) is 0 Å². The zero-order chi connectivity index (χ0) is 3.58. The van der Waals surface area contributed by atoms with Crippen LogP contribution in [0.1, 0.15) is 1.43 Å². The molecule has 0 N–H and O–H groups in total. The Morgan fingerprint density at radius 2 is 1.20 bits per heavy atom. The van der Waals surface area contributed by atoms with Crippen LogP contribution in [0.4, 0.5) is 10.7 Å². The van der Waals surface area contributed by atoms with E-state index in [2.05, 4.69) is 0 Å². The number of halogens is 3. The first kappa shape index (κ1) is 9.31. The molecule has 0 atom stereocenters. The van der Waals surface area contributed by atoms with Crippen molar-refractivity contribution < 1.29 is 46.0 Å². The van der Waals surface area contributed by atoms with Gasteiger partial charge in [-0.05, 0) is 0 Å². The molecular formula is HCoF3Li. The molecule has 32 valence electrons. The summed E-state index contributed by atoms with van der Waals surface area (Å²) < 4.78 is 29.2. The summed E-state index contributed by atoms with van der Waals surface area (Å²) in [6, 6.07) is 0. The van der Waals surface area contributed by atoms with Gasteiger partial charge >= 0.3 is 44.6 Å². The van der Waals surface area contributed by atoms with Crippen molar-refractivity contribution in [1.29, 1.82) is 0 Å². The molecule has 0 rings (SSSR count). The quantitative estimate of drug-likeness (QED) is 0.340. The molecule has 0 aliphatic heterocycles. The van der Waals surface area contributed by atoms with Crippen LogP contribution in [0.2, 0.25) is 0 Å². The van der Waals surface area contributed by atoms with Crippen molar-refractivity contribution in [3.8, 4) is 0 Å². The van der Waals surface area contributed by atoms with Gasteiger partial charge in [-0.2, -0.15) is 0 Å². The van der Waals surface area contributed by atoms with Crippen LogP contribution in [0.3, 0.4) is 0 Å². The third-order valence-corrected chi connectivity index (χ3v) is 0. The van der Waals surface area contributed by atoms with E-state index in [0.29, 0.717) is 0 Å². The van der Waals surface area contributed by atoms with Crippen LogP contribution < -0.4 is 18.9 Å². The van der Waals surface area contributed by atoms with Crippen molar-refractivity contribution in [3.05, 3.63) is 0 Å². The second-order valence-electron chi connectivity index (χ2n) is 0.143. The van der Waals surface area contributed by atoms with Gasteiger partial charge < -0.3 is 1.43 Å². The van der Waals surface area contributed by atoms with E-state index in [0.717, 1.165) is 0 Å². The van der Waals surface area contributed by atoms with Crippen LogP contribution in [0.25, 0.3) is 0 Å². The van der Waals surface area contributed by atoms with E-state index >= 15 is 0 Å². The molecule has 0 spiro atoms. The SMILES string of the molecule is [F][Co]([F])[F].[H-].[Li+]. The summed E-state index contributed by atoms with van der Waals surface area (Å²) in [6.07, 6.45) is 0. The molecule has 0 aromatic rings. The minimum atomic E-state index is -4.10. The molecule has 0 bridgehead atoms. The number of rotatable bonds is 0. The van der Waals surface area contributed by atoms with Crippen LogP contribution in [0.15, 0.2) is 0 Å². The van der Waals surface area contributed by atoms with Crippen LogP contribution >= 0.6 is 0 Å². The molecule has 0 aliphatic rings. The monoisotopic (exact) mass is 124 g/mol. The fourth-order valence-electron chi connectivity index (χ4n) is 0. The summed E-state index contributed by atoms with van der Waals surface area (Å²) >= 11 is -4.10. The van der Waals surface area contributed by atoms with Crippen molar-refractivity contribution in [1.82, 2.24) is 0 Å². The van der Waals surface area contributed by atoms with E-state index in [4.69, 9.17) is 0 Å². The molecule has 0 heterocycles. The fourth-order valence-corrected chi connectivity index (χ4v) is 0. The van der Waals surface area contributed by atoms with Gasteiger partial charge in [0, 0.05) is 0 Å². The summed E-state index contributed by atoms with van der Waals surface area (Å²) in [5, 5.41) is 0. The first-order valence-electron chi connectivity index (χ1n) is 0.378. The molecule has 0 saturated carbocycles. The van der Waals surface area contributed by atoms with Crippen molar-refractivity contribution in [2.75, 3.05) is 0 Å². The topological polar surface area (TPSA) is 0 Å². The van der Waals surface area contributed by atoms with Crippen molar-refractivity contribution in [3.63, 3.8) is 0 Å². The van der Waals surface area contributed by atoms with Gasteiger partial charge in [0.1, 0.15) is 0 Å². The Kier molecular flexibility index (Phi) is 9.11. The number of hydrogen-bond donors (Lipinski definition) is 0. The Morgan fingerprint density at radius 3 is 1.20 bits per heavy atom. The van der Waals surface area contributed by atoms with Gasteiger partial charge in [-0.15, -0.1) is 0 Å². The molecular weight excluding hydrogens is 123 g/mol. The van der Waals surface area contributed by atoms with Crippen molar-refractivity contribution in [2.24, 2.45) is 0 Å². The standard InChI is InChI=1S/Co.3FH.Li.H/h;3*1H;;/q+3;;;;+1;-1/p-3. The third-order valence-electron chi connectivity index (χ3n) is 0. The maximum atomic E-state index is 9.73. The van der Waals surface area contributed by atoms with Gasteiger partial charge in [-0.25, -0.2) is 0 Å². The Labute approximate surface area is 46.5 Å². The summed E-state index contributed by atoms with van der Waals surface area (Å²) in [4.78, 5) is 0. The first-order chi connectivity index (χ1) is 1.73. The smallest absolute Gasteiger partial charge is 1.00 e. The number of hydrogen-bond acceptors (Lipinski definition) is 0. The summed E-state index contributed by atoms with van der Waals surface area (Å²) in [6.45, 7) is 0. The Hall–Kier alpha value is 0.894. The zero-order valence-corrected chi connectivity index (χ0v) is 3.51. The largest absolute Gasteiger partial charge is 1.00 e. The molecule has 5 heteroatoms. The molecule has 0 fully saturated rings. The summed E-state index contributed by atoms with van der Waals surface area (Å²) in [5.41, 5.74) is 0. The van der Waals surface area contributed by atoms with Crippen molar-refractivity contribution >= 4 is 0 Å². The molecule has 0 radical (unpaired) electrons. The minimum Gasteiger partial charge on any atom is -1.00 e. The van der Waals surface area contributed by atoms with Crippen LogP contribution in [-0.4, -0.2) is 0 Å². The average molecular weight is 124 g/mol. The molecule has 0 aromatic carbocycles. The molecule has 0 saturated heterocycles. The van der Waals surface area contributed by atoms with Gasteiger partial charge in [-0.1, -0.05) is 0 Å². The van der Waals surface area contributed by atoms with Crippen LogP contribution in [0.5, 0.6) is 0 Å². The molecule has 0 aliphatic carbocycles. The average Bonchev–Trinajstić information content (AvgIpc) is 0.811. The van der Waals surface area contributed by atoms with E-state index in [-0.39, 0.29) is 20.3 Å². The molecule has 5 heavy (non-hydrogen) atoms. The zero-order valence-electron chi connectivity index (χ0n) is 3.47. The molecule has 0 unspecified atom stereocenters. The Morgan fingerprint density at radius 1 is 1.20 bits per heavy atom. The Balaban J connectivity index is -0.0000000450.